The Balaban J connectivity index is 1.90. The van der Waals surface area contributed by atoms with Gasteiger partial charge in [-0.3, -0.25) is 18.7 Å². The Labute approximate surface area is 183 Å². The van der Waals surface area contributed by atoms with E-state index >= 15 is 0 Å². The molecule has 9 nitrogen and oxygen atoms in total. The number of amides is 1. The van der Waals surface area contributed by atoms with Crippen LogP contribution in [0.3, 0.4) is 0 Å². The molecule has 1 aromatic carbocycles. The van der Waals surface area contributed by atoms with E-state index in [2.05, 4.69) is 10.3 Å². The quantitative estimate of drug-likeness (QED) is 0.509. The van der Waals surface area contributed by atoms with E-state index in [4.69, 9.17) is 4.74 Å². The van der Waals surface area contributed by atoms with Gasteiger partial charge in [0.1, 0.15) is 10.6 Å². The van der Waals surface area contributed by atoms with Gasteiger partial charge in [-0.25, -0.2) is 9.79 Å². The molecule has 31 heavy (non-hydrogen) atoms. The Hall–Kier alpha value is -2.85. The first-order valence-electron chi connectivity index (χ1n) is 9.93. The molecule has 0 unspecified atom stereocenters. The van der Waals surface area contributed by atoms with Crippen LogP contribution >= 0.6 is 11.8 Å². The van der Waals surface area contributed by atoms with E-state index in [0.29, 0.717) is 18.8 Å². The summed E-state index contributed by atoms with van der Waals surface area (Å²) in [6, 6.07) is 7.31. The molecule has 1 atom stereocenters. The fourth-order valence-electron chi connectivity index (χ4n) is 3.21. The number of benzene rings is 1. The van der Waals surface area contributed by atoms with Gasteiger partial charge in [-0.1, -0.05) is 23.9 Å². The van der Waals surface area contributed by atoms with Crippen molar-refractivity contribution in [2.75, 3.05) is 18.9 Å². The Kier molecular flexibility index (Phi) is 7.34. The smallest absolute Gasteiger partial charge is 0.333 e. The van der Waals surface area contributed by atoms with E-state index in [0.717, 1.165) is 39.3 Å². The van der Waals surface area contributed by atoms with Crippen LogP contribution in [-0.2, 0) is 23.6 Å². The molecule has 2 aromatic rings. The summed E-state index contributed by atoms with van der Waals surface area (Å²) < 4.78 is 7.38. The predicted molar refractivity (Wildman–Crippen MR) is 120 cm³/mol. The van der Waals surface area contributed by atoms with Gasteiger partial charge in [0.25, 0.3) is 5.56 Å². The number of aromatic nitrogens is 2. The number of rotatable bonds is 6. The first kappa shape index (κ1) is 22.8. The Morgan fingerprint density at radius 2 is 2.10 bits per heavy atom. The van der Waals surface area contributed by atoms with E-state index in [1.807, 2.05) is 25.1 Å². The van der Waals surface area contributed by atoms with Gasteiger partial charge in [0.2, 0.25) is 11.8 Å². The molecule has 1 aliphatic rings. The van der Waals surface area contributed by atoms with Crippen LogP contribution in [0.5, 0.6) is 5.88 Å². The van der Waals surface area contributed by atoms with Crippen molar-refractivity contribution in [2.45, 2.75) is 25.9 Å². The molecule has 3 rings (SSSR count). The molecule has 0 aliphatic carbocycles. The third kappa shape index (κ3) is 5.45. The van der Waals surface area contributed by atoms with Crippen LogP contribution in [0.25, 0.3) is 0 Å². The number of carbonyl (C=O) groups excluding carboxylic acids is 1. The van der Waals surface area contributed by atoms with Gasteiger partial charge in [0.05, 0.1) is 17.5 Å². The summed E-state index contributed by atoms with van der Waals surface area (Å²) in [6.07, 6.45) is 1.92. The van der Waals surface area contributed by atoms with Crippen LogP contribution in [0.2, 0.25) is 0 Å². The average Bonchev–Trinajstić information content (AvgIpc) is 3.27. The highest BCUT2D eigenvalue weighted by Gasteiger charge is 2.22. The van der Waals surface area contributed by atoms with Gasteiger partial charge >= 0.3 is 5.69 Å². The summed E-state index contributed by atoms with van der Waals surface area (Å²) in [5, 5.41) is 13.5. The number of hydrogen-bond donors (Lipinski definition) is 2. The minimum Gasteiger partial charge on any atom is -0.494 e. The Morgan fingerprint density at radius 3 is 2.77 bits per heavy atom. The second-order valence-corrected chi connectivity index (χ2v) is 8.35. The lowest BCUT2D eigenvalue weighted by Gasteiger charge is -2.13. The van der Waals surface area contributed by atoms with Crippen LogP contribution in [0.1, 0.15) is 24.0 Å². The van der Waals surface area contributed by atoms with E-state index in [-0.39, 0.29) is 28.4 Å². The maximum absolute atomic E-state index is 12.8. The number of aromatic hydroxyl groups is 1. The third-order valence-electron chi connectivity index (χ3n) is 4.97. The first-order chi connectivity index (χ1) is 14.8. The lowest BCUT2D eigenvalue weighted by Crippen LogP contribution is -2.40. The highest BCUT2D eigenvalue weighted by atomic mass is 32.2. The maximum atomic E-state index is 12.8. The zero-order valence-corrected chi connectivity index (χ0v) is 18.6. The molecule has 1 amide bonds. The summed E-state index contributed by atoms with van der Waals surface area (Å²) in [7, 11) is 2.70. The number of nitrogens with zero attached hydrogens (tertiary/aromatic N) is 3. The van der Waals surface area contributed by atoms with Gasteiger partial charge in [-0.15, -0.1) is 0 Å². The molecular formula is C21H26N4O5S. The molecule has 2 N–H and O–H groups in total. The molecule has 0 radical (unpaired) electrons. The van der Waals surface area contributed by atoms with Gasteiger partial charge in [0.15, 0.2) is 0 Å². The van der Waals surface area contributed by atoms with Crippen molar-refractivity contribution in [3.8, 4) is 5.88 Å². The minimum absolute atomic E-state index is 0.0111. The summed E-state index contributed by atoms with van der Waals surface area (Å²) in [5.41, 5.74) is 0.0813. The van der Waals surface area contributed by atoms with Crippen molar-refractivity contribution in [3.63, 3.8) is 0 Å². The van der Waals surface area contributed by atoms with E-state index in [1.165, 1.54) is 14.1 Å². The van der Waals surface area contributed by atoms with Gasteiger partial charge < -0.3 is 15.2 Å². The molecular weight excluding hydrogens is 420 g/mol. The zero-order chi connectivity index (χ0) is 22.5. The number of aryl methyl sites for hydroxylation is 1. The third-order valence-corrected chi connectivity index (χ3v) is 5.95. The topological polar surface area (TPSA) is 115 Å². The molecule has 0 spiro atoms. The number of thioether (sulfide) groups is 1. The number of carbonyl (C=O) groups is 1. The lowest BCUT2D eigenvalue weighted by atomic mass is 10.2. The molecule has 1 saturated heterocycles. The first-order valence-corrected chi connectivity index (χ1v) is 10.9. The fraction of sp³-hybridized carbons (Fsp3) is 0.429. The van der Waals surface area contributed by atoms with Gasteiger partial charge in [-0.05, 0) is 37.5 Å². The monoisotopic (exact) mass is 446 g/mol. The standard InChI is InChI=1S/C21H26N4O5S/c1-13-6-4-7-14(10-13)23-18(17-19(27)24(2)21(29)25(3)20(17)28)31-12-16(26)22-11-15-8-5-9-30-15/h4,6-7,10,15,27H,5,8-9,11-12H2,1-3H3,(H,22,26)/t15-/m0/s1. The van der Waals surface area contributed by atoms with Gasteiger partial charge in [-0.2, -0.15) is 0 Å². The summed E-state index contributed by atoms with van der Waals surface area (Å²) in [5.74, 6) is -0.742. The zero-order valence-electron chi connectivity index (χ0n) is 17.8. The highest BCUT2D eigenvalue weighted by molar-refractivity contribution is 8.15. The maximum Gasteiger partial charge on any atom is 0.333 e. The Bertz CT molecular complexity index is 1120. The van der Waals surface area contributed by atoms with Crippen LogP contribution in [0.4, 0.5) is 5.69 Å². The molecule has 2 heterocycles. The van der Waals surface area contributed by atoms with Crippen molar-refractivity contribution < 1.29 is 14.6 Å². The molecule has 166 valence electrons. The second-order valence-electron chi connectivity index (χ2n) is 7.39. The van der Waals surface area contributed by atoms with E-state index < -0.39 is 17.1 Å². The number of aliphatic imine (C=N–C) groups is 1. The molecule has 10 heteroatoms. The van der Waals surface area contributed by atoms with Crippen molar-refractivity contribution in [1.29, 1.82) is 0 Å². The minimum atomic E-state index is -0.681. The van der Waals surface area contributed by atoms with Gasteiger partial charge in [0, 0.05) is 27.2 Å². The molecule has 0 saturated carbocycles. The largest absolute Gasteiger partial charge is 0.494 e. The van der Waals surface area contributed by atoms with E-state index in [1.54, 1.807) is 6.07 Å². The van der Waals surface area contributed by atoms with Crippen molar-refractivity contribution in [2.24, 2.45) is 19.1 Å². The summed E-state index contributed by atoms with van der Waals surface area (Å²) in [6.45, 7) is 3.04. The number of hydrogen-bond acceptors (Lipinski definition) is 7. The van der Waals surface area contributed by atoms with Crippen LogP contribution in [0.15, 0.2) is 38.8 Å². The normalized spacial score (nSPS) is 16.5. The number of ether oxygens (including phenoxy) is 1. The van der Waals surface area contributed by atoms with Crippen molar-refractivity contribution in [1.82, 2.24) is 14.5 Å². The SMILES string of the molecule is Cc1cccc(N=C(SCC(=O)NC[C@@H]2CCCO2)c2c(O)n(C)c(=O)n(C)c2=O)c1. The lowest BCUT2D eigenvalue weighted by molar-refractivity contribution is -0.119. The average molecular weight is 447 g/mol. The second kappa shape index (κ2) is 9.97. The molecule has 1 aromatic heterocycles. The fourth-order valence-corrected chi connectivity index (χ4v) is 4.08. The van der Waals surface area contributed by atoms with Crippen LogP contribution < -0.4 is 16.6 Å². The molecule has 0 bridgehead atoms. The molecule has 1 aliphatic heterocycles. The van der Waals surface area contributed by atoms with Crippen molar-refractivity contribution >= 4 is 28.4 Å². The highest BCUT2D eigenvalue weighted by Crippen LogP contribution is 2.23. The Morgan fingerprint density at radius 1 is 1.32 bits per heavy atom. The van der Waals surface area contributed by atoms with E-state index in [9.17, 15) is 19.5 Å². The number of nitrogens with one attached hydrogen (secondary N) is 1. The van der Waals surface area contributed by atoms with Crippen LogP contribution in [-0.4, -0.2) is 50.2 Å². The van der Waals surface area contributed by atoms with Crippen molar-refractivity contribution in [3.05, 3.63) is 56.2 Å². The molecule has 1 fully saturated rings. The summed E-state index contributed by atoms with van der Waals surface area (Å²) >= 11 is 1.03. The predicted octanol–water partition coefficient (Wildman–Crippen LogP) is 1.20. The van der Waals surface area contributed by atoms with Crippen LogP contribution in [0, 0.1) is 6.92 Å². The summed E-state index contributed by atoms with van der Waals surface area (Å²) in [4.78, 5) is 41.8.